The highest BCUT2D eigenvalue weighted by Crippen LogP contribution is 2.09. The summed E-state index contributed by atoms with van der Waals surface area (Å²) < 4.78 is 9.10. The number of rotatable bonds is 6. The molecule has 0 atom stereocenters. The Kier molecular flexibility index (Phi) is 8.20. The molecule has 0 aromatic carbocycles. The summed E-state index contributed by atoms with van der Waals surface area (Å²) in [6.45, 7) is 0.753. The van der Waals surface area contributed by atoms with Gasteiger partial charge in [-0.05, 0) is 0 Å². The minimum atomic E-state index is -0.470. The van der Waals surface area contributed by atoms with Crippen molar-refractivity contribution in [3.63, 3.8) is 0 Å². The molecule has 0 bridgehead atoms. The first-order valence-electron chi connectivity index (χ1n) is 3.32. The van der Waals surface area contributed by atoms with Crippen molar-refractivity contribution >= 4 is 37.8 Å². The zero-order chi connectivity index (χ0) is 9.40. The van der Waals surface area contributed by atoms with Crippen molar-refractivity contribution in [1.82, 2.24) is 0 Å². The minimum absolute atomic E-state index is 0.0204. The van der Waals surface area contributed by atoms with Gasteiger partial charge in [-0.3, -0.25) is 0 Å². The van der Waals surface area contributed by atoms with Gasteiger partial charge in [0.1, 0.15) is 6.61 Å². The van der Waals surface area contributed by atoms with Crippen LogP contribution in [0.15, 0.2) is 0 Å². The summed E-state index contributed by atoms with van der Waals surface area (Å²) in [4.78, 5) is 10.8. The Morgan fingerprint density at radius 2 is 2.00 bits per heavy atom. The first kappa shape index (κ1) is 12.3. The lowest BCUT2D eigenvalue weighted by molar-refractivity contribution is -0.142. The highest BCUT2D eigenvalue weighted by atomic mass is 79.9. The maximum Gasteiger partial charge on any atom is 0.330 e. The topological polar surface area (TPSA) is 55.8 Å². The molecule has 0 saturated heterocycles. The molecule has 0 aliphatic rings. The van der Waals surface area contributed by atoms with Crippen LogP contribution in [0.3, 0.4) is 0 Å². The lowest BCUT2D eigenvalue weighted by atomic mass is 10.7. The summed E-state index contributed by atoms with van der Waals surface area (Å²) >= 11 is 5.97. The molecule has 72 valence electrons. The molecular weight excluding hydrogens is 296 g/mol. The molecule has 0 spiro atoms. The van der Waals surface area contributed by atoms with Crippen molar-refractivity contribution in [2.24, 2.45) is 0 Å². The second-order valence-corrected chi connectivity index (χ2v) is 4.86. The molecule has 0 aromatic heterocycles. The van der Waals surface area contributed by atoms with Crippen LogP contribution in [0.4, 0.5) is 0 Å². The van der Waals surface area contributed by atoms with Crippen LogP contribution in [0.2, 0.25) is 0 Å². The van der Waals surface area contributed by atoms with E-state index in [4.69, 9.17) is 14.6 Å². The van der Waals surface area contributed by atoms with Gasteiger partial charge in [-0.2, -0.15) is 0 Å². The molecular formula is C6H10Br2O4. The van der Waals surface area contributed by atoms with Gasteiger partial charge >= 0.3 is 5.97 Å². The fourth-order valence-electron chi connectivity index (χ4n) is 0.431. The van der Waals surface area contributed by atoms with Crippen LogP contribution in [0, 0.1) is 0 Å². The highest BCUT2D eigenvalue weighted by Gasteiger charge is 2.10. The SMILES string of the molecule is O=C(OCCOCCO)C(Br)Br. The first-order valence-corrected chi connectivity index (χ1v) is 5.15. The normalized spacial score (nSPS) is 10.3. The van der Waals surface area contributed by atoms with Gasteiger partial charge in [-0.1, -0.05) is 31.9 Å². The molecule has 0 unspecified atom stereocenters. The van der Waals surface area contributed by atoms with Gasteiger partial charge in [-0.25, -0.2) is 4.79 Å². The van der Waals surface area contributed by atoms with Crippen LogP contribution in [-0.2, 0) is 14.3 Å². The number of carbonyl (C=O) groups excluding carboxylic acids is 1. The fraction of sp³-hybridized carbons (Fsp3) is 0.833. The van der Waals surface area contributed by atoms with Crippen molar-refractivity contribution < 1.29 is 19.4 Å². The Morgan fingerprint density at radius 1 is 1.33 bits per heavy atom. The van der Waals surface area contributed by atoms with E-state index < -0.39 is 3.74 Å². The smallest absolute Gasteiger partial charge is 0.330 e. The van der Waals surface area contributed by atoms with E-state index in [1.807, 2.05) is 0 Å². The number of ether oxygens (including phenoxy) is 2. The Balaban J connectivity index is 3.14. The molecule has 0 heterocycles. The lowest BCUT2D eigenvalue weighted by Gasteiger charge is -2.04. The fourth-order valence-corrected chi connectivity index (χ4v) is 0.695. The number of carbonyl (C=O) groups is 1. The van der Waals surface area contributed by atoms with Gasteiger partial charge in [0, 0.05) is 0 Å². The second kappa shape index (κ2) is 7.97. The van der Waals surface area contributed by atoms with Crippen LogP contribution >= 0.6 is 31.9 Å². The Morgan fingerprint density at radius 3 is 2.50 bits per heavy atom. The van der Waals surface area contributed by atoms with Crippen molar-refractivity contribution in [1.29, 1.82) is 0 Å². The van der Waals surface area contributed by atoms with E-state index in [1.165, 1.54) is 0 Å². The third-order valence-corrected chi connectivity index (χ3v) is 1.63. The summed E-state index contributed by atoms with van der Waals surface area (Å²) in [5.41, 5.74) is 0. The molecule has 0 fully saturated rings. The van der Waals surface area contributed by atoms with E-state index in [-0.39, 0.29) is 25.8 Å². The van der Waals surface area contributed by atoms with E-state index in [0.29, 0.717) is 6.61 Å². The zero-order valence-electron chi connectivity index (χ0n) is 6.33. The van der Waals surface area contributed by atoms with Crippen LogP contribution in [0.1, 0.15) is 0 Å². The predicted molar refractivity (Wildman–Crippen MR) is 50.5 cm³/mol. The molecule has 1 N–H and O–H groups in total. The molecule has 0 rings (SSSR count). The number of alkyl halides is 2. The molecule has 6 heteroatoms. The lowest BCUT2D eigenvalue weighted by Crippen LogP contribution is -2.15. The van der Waals surface area contributed by atoms with E-state index in [0.717, 1.165) is 0 Å². The minimum Gasteiger partial charge on any atom is -0.462 e. The van der Waals surface area contributed by atoms with Crippen molar-refractivity contribution in [3.05, 3.63) is 0 Å². The van der Waals surface area contributed by atoms with Crippen LogP contribution in [0.25, 0.3) is 0 Å². The van der Waals surface area contributed by atoms with Crippen molar-refractivity contribution in [3.8, 4) is 0 Å². The van der Waals surface area contributed by atoms with Crippen molar-refractivity contribution in [2.45, 2.75) is 3.74 Å². The third-order valence-electron chi connectivity index (χ3n) is 0.886. The quantitative estimate of drug-likeness (QED) is 0.445. The number of aliphatic hydroxyl groups excluding tert-OH is 1. The van der Waals surface area contributed by atoms with E-state index in [1.54, 1.807) is 0 Å². The molecule has 0 aliphatic carbocycles. The second-order valence-electron chi connectivity index (χ2n) is 1.80. The molecule has 0 amide bonds. The number of hydrogen-bond donors (Lipinski definition) is 1. The summed E-state index contributed by atoms with van der Waals surface area (Å²) in [7, 11) is 0. The number of halogens is 2. The molecule has 0 aromatic rings. The van der Waals surface area contributed by atoms with Crippen LogP contribution in [-0.4, -0.2) is 41.2 Å². The average Bonchev–Trinajstić information content (AvgIpc) is 2.03. The Hall–Kier alpha value is 0.350. The monoisotopic (exact) mass is 304 g/mol. The summed E-state index contributed by atoms with van der Waals surface area (Å²) in [5.74, 6) is -0.386. The number of aliphatic hydroxyl groups is 1. The number of esters is 1. The maximum atomic E-state index is 10.8. The zero-order valence-corrected chi connectivity index (χ0v) is 9.51. The van der Waals surface area contributed by atoms with E-state index in [9.17, 15) is 4.79 Å². The summed E-state index contributed by atoms with van der Waals surface area (Å²) in [6.07, 6.45) is 0. The van der Waals surface area contributed by atoms with Gasteiger partial charge in [0.05, 0.1) is 19.8 Å². The van der Waals surface area contributed by atoms with Gasteiger partial charge in [0.2, 0.25) is 0 Å². The first-order chi connectivity index (χ1) is 5.68. The number of hydrogen-bond acceptors (Lipinski definition) is 4. The Labute approximate surface area is 87.5 Å². The van der Waals surface area contributed by atoms with Gasteiger partial charge in [-0.15, -0.1) is 0 Å². The largest absolute Gasteiger partial charge is 0.462 e. The maximum absolute atomic E-state index is 10.8. The predicted octanol–water partition coefficient (Wildman–Crippen LogP) is 0.654. The van der Waals surface area contributed by atoms with Crippen LogP contribution < -0.4 is 0 Å². The molecule has 0 aliphatic heterocycles. The summed E-state index contributed by atoms with van der Waals surface area (Å²) in [5, 5.41) is 8.32. The molecule has 4 nitrogen and oxygen atoms in total. The highest BCUT2D eigenvalue weighted by molar-refractivity contribution is 9.25. The standard InChI is InChI=1S/C6H10Br2O4/c7-5(8)6(10)12-4-3-11-2-1-9/h5,9H,1-4H2. The van der Waals surface area contributed by atoms with Crippen molar-refractivity contribution in [2.75, 3.05) is 26.4 Å². The van der Waals surface area contributed by atoms with E-state index in [2.05, 4.69) is 31.9 Å². The average molecular weight is 306 g/mol. The molecule has 0 saturated carbocycles. The Bertz CT molecular complexity index is 129. The van der Waals surface area contributed by atoms with Gasteiger partial charge < -0.3 is 14.6 Å². The van der Waals surface area contributed by atoms with Crippen LogP contribution in [0.5, 0.6) is 0 Å². The third kappa shape index (κ3) is 7.02. The molecule has 12 heavy (non-hydrogen) atoms. The van der Waals surface area contributed by atoms with Gasteiger partial charge in [0.25, 0.3) is 0 Å². The van der Waals surface area contributed by atoms with E-state index >= 15 is 0 Å². The molecule has 0 radical (unpaired) electrons. The summed E-state index contributed by atoms with van der Waals surface area (Å²) in [6, 6.07) is 0. The van der Waals surface area contributed by atoms with Gasteiger partial charge in [0.15, 0.2) is 3.74 Å².